The van der Waals surface area contributed by atoms with Crippen molar-refractivity contribution in [3.05, 3.63) is 59.7 Å². The van der Waals surface area contributed by atoms with E-state index in [4.69, 9.17) is 0 Å². The molecule has 2 aromatic rings. The number of nitrogens with one attached hydrogen (secondary N) is 2. The summed E-state index contributed by atoms with van der Waals surface area (Å²) in [5.41, 5.74) is 3.41. The van der Waals surface area contributed by atoms with Crippen molar-refractivity contribution in [3.8, 4) is 0 Å². The van der Waals surface area contributed by atoms with Crippen LogP contribution in [0.4, 0.5) is 11.4 Å². The lowest BCUT2D eigenvalue weighted by atomic mass is 10.1. The molecule has 1 heterocycles. The van der Waals surface area contributed by atoms with Gasteiger partial charge in [0.15, 0.2) is 0 Å². The maximum Gasteiger partial charge on any atom is 0.227 e. The first-order chi connectivity index (χ1) is 13.0. The average Bonchev–Trinajstić information content (AvgIpc) is 3.06. The molecule has 0 saturated carbocycles. The number of carbonyl (C=O) groups excluding carboxylic acids is 3. The van der Waals surface area contributed by atoms with Gasteiger partial charge in [-0.1, -0.05) is 24.3 Å². The molecule has 6 nitrogen and oxygen atoms in total. The summed E-state index contributed by atoms with van der Waals surface area (Å²) in [6.07, 6.45) is 1.78. The first kappa shape index (κ1) is 18.6. The van der Waals surface area contributed by atoms with Crippen molar-refractivity contribution < 1.29 is 14.4 Å². The molecule has 0 unspecified atom stereocenters. The Morgan fingerprint density at radius 3 is 2.52 bits per heavy atom. The summed E-state index contributed by atoms with van der Waals surface area (Å²) in [7, 11) is 0. The van der Waals surface area contributed by atoms with Gasteiger partial charge in [-0.2, -0.15) is 0 Å². The molecule has 140 valence electrons. The number of rotatable bonds is 6. The largest absolute Gasteiger partial charge is 0.352 e. The highest BCUT2D eigenvalue weighted by molar-refractivity contribution is 5.95. The third-order valence-electron chi connectivity index (χ3n) is 4.42. The van der Waals surface area contributed by atoms with E-state index >= 15 is 0 Å². The average molecular weight is 365 g/mol. The Hall–Kier alpha value is -3.15. The van der Waals surface area contributed by atoms with E-state index in [0.717, 1.165) is 29.8 Å². The first-order valence-electron chi connectivity index (χ1n) is 9.04. The van der Waals surface area contributed by atoms with E-state index in [1.165, 1.54) is 6.92 Å². The summed E-state index contributed by atoms with van der Waals surface area (Å²) >= 11 is 0. The normalized spacial score (nSPS) is 13.5. The molecule has 1 aliphatic rings. The fourth-order valence-corrected chi connectivity index (χ4v) is 3.13. The number of amides is 3. The van der Waals surface area contributed by atoms with Crippen LogP contribution in [0.15, 0.2) is 48.5 Å². The van der Waals surface area contributed by atoms with E-state index < -0.39 is 0 Å². The minimum atomic E-state index is -0.129. The quantitative estimate of drug-likeness (QED) is 0.826. The van der Waals surface area contributed by atoms with Crippen molar-refractivity contribution in [2.45, 2.75) is 32.7 Å². The Balaban J connectivity index is 1.52. The van der Waals surface area contributed by atoms with E-state index in [0.29, 0.717) is 18.7 Å². The molecule has 1 aliphatic heterocycles. The fourth-order valence-electron chi connectivity index (χ4n) is 3.13. The number of benzene rings is 2. The predicted octanol–water partition coefficient (Wildman–Crippen LogP) is 2.63. The van der Waals surface area contributed by atoms with E-state index in [1.807, 2.05) is 42.5 Å². The SMILES string of the molecule is CC(=O)Nc1cccc(CNC(=O)Cc2ccc(N3CCCC3=O)cc2)c1. The lowest BCUT2D eigenvalue weighted by molar-refractivity contribution is -0.120. The van der Waals surface area contributed by atoms with Gasteiger partial charge in [-0.05, 0) is 41.8 Å². The van der Waals surface area contributed by atoms with Crippen molar-refractivity contribution in [1.82, 2.24) is 5.32 Å². The van der Waals surface area contributed by atoms with E-state index in [2.05, 4.69) is 10.6 Å². The molecule has 1 fully saturated rings. The summed E-state index contributed by atoms with van der Waals surface area (Å²) < 4.78 is 0. The molecular formula is C21H23N3O3. The summed E-state index contributed by atoms with van der Waals surface area (Å²) in [5.74, 6) is -0.0535. The number of hydrogen-bond donors (Lipinski definition) is 2. The Bertz CT molecular complexity index is 846. The van der Waals surface area contributed by atoms with Gasteiger partial charge < -0.3 is 15.5 Å². The van der Waals surface area contributed by atoms with E-state index in [1.54, 1.807) is 11.0 Å². The topological polar surface area (TPSA) is 78.5 Å². The minimum absolute atomic E-state index is 0.0788. The zero-order valence-electron chi connectivity index (χ0n) is 15.3. The van der Waals surface area contributed by atoms with Crippen LogP contribution in [-0.4, -0.2) is 24.3 Å². The highest BCUT2D eigenvalue weighted by atomic mass is 16.2. The van der Waals surface area contributed by atoms with Crippen LogP contribution in [0.25, 0.3) is 0 Å². The van der Waals surface area contributed by atoms with E-state index in [9.17, 15) is 14.4 Å². The van der Waals surface area contributed by atoms with Crippen LogP contribution < -0.4 is 15.5 Å². The third-order valence-corrected chi connectivity index (χ3v) is 4.42. The van der Waals surface area contributed by atoms with Crippen molar-refractivity contribution in [2.24, 2.45) is 0 Å². The Morgan fingerprint density at radius 1 is 1.07 bits per heavy atom. The van der Waals surface area contributed by atoms with Crippen LogP contribution in [0.5, 0.6) is 0 Å². The van der Waals surface area contributed by atoms with Gasteiger partial charge in [0.25, 0.3) is 0 Å². The number of anilines is 2. The molecular weight excluding hydrogens is 342 g/mol. The maximum absolute atomic E-state index is 12.2. The molecule has 0 aromatic heterocycles. The lowest BCUT2D eigenvalue weighted by Crippen LogP contribution is -2.25. The van der Waals surface area contributed by atoms with E-state index in [-0.39, 0.29) is 24.1 Å². The second-order valence-corrected chi connectivity index (χ2v) is 6.65. The van der Waals surface area contributed by atoms with Gasteiger partial charge in [0.1, 0.15) is 0 Å². The molecule has 1 saturated heterocycles. The van der Waals surface area contributed by atoms with Crippen molar-refractivity contribution in [1.29, 1.82) is 0 Å². The minimum Gasteiger partial charge on any atom is -0.352 e. The lowest BCUT2D eigenvalue weighted by Gasteiger charge is -2.15. The number of carbonyl (C=O) groups is 3. The van der Waals surface area contributed by atoms with Crippen molar-refractivity contribution >= 4 is 29.1 Å². The monoisotopic (exact) mass is 365 g/mol. The second kappa shape index (κ2) is 8.49. The molecule has 0 aliphatic carbocycles. The van der Waals surface area contributed by atoms with Gasteiger partial charge in [-0.25, -0.2) is 0 Å². The number of hydrogen-bond acceptors (Lipinski definition) is 3. The second-order valence-electron chi connectivity index (χ2n) is 6.65. The summed E-state index contributed by atoms with van der Waals surface area (Å²) in [4.78, 5) is 36.9. The standard InChI is InChI=1S/C21H23N3O3/c1-15(25)23-18-5-2-4-17(12-18)14-22-20(26)13-16-7-9-19(10-8-16)24-11-3-6-21(24)27/h2,4-5,7-10,12H,3,6,11,13-14H2,1H3,(H,22,26)(H,23,25). The zero-order chi connectivity index (χ0) is 19.2. The number of nitrogens with zero attached hydrogens (tertiary/aromatic N) is 1. The maximum atomic E-state index is 12.2. The van der Waals surface area contributed by atoms with Crippen molar-refractivity contribution in [3.63, 3.8) is 0 Å². The van der Waals surface area contributed by atoms with Gasteiger partial charge in [0, 0.05) is 37.8 Å². The van der Waals surface area contributed by atoms with Crippen LogP contribution in [0.1, 0.15) is 30.9 Å². The van der Waals surface area contributed by atoms with Crippen LogP contribution in [-0.2, 0) is 27.3 Å². The molecule has 0 bridgehead atoms. The molecule has 2 aromatic carbocycles. The van der Waals surface area contributed by atoms with Crippen molar-refractivity contribution in [2.75, 3.05) is 16.8 Å². The highest BCUT2D eigenvalue weighted by Gasteiger charge is 2.21. The fraction of sp³-hybridized carbons (Fsp3) is 0.286. The molecule has 6 heteroatoms. The van der Waals surface area contributed by atoms with Crippen LogP contribution in [0, 0.1) is 0 Å². The molecule has 2 N–H and O–H groups in total. The van der Waals surface area contributed by atoms with Gasteiger partial charge in [-0.3, -0.25) is 14.4 Å². The Morgan fingerprint density at radius 2 is 1.85 bits per heavy atom. The predicted molar refractivity (Wildman–Crippen MR) is 104 cm³/mol. The first-order valence-corrected chi connectivity index (χ1v) is 9.04. The molecule has 3 amide bonds. The van der Waals surface area contributed by atoms with Crippen LogP contribution in [0.2, 0.25) is 0 Å². The summed E-state index contributed by atoms with van der Waals surface area (Å²) in [6, 6.07) is 14.9. The van der Waals surface area contributed by atoms with Gasteiger partial charge in [0.05, 0.1) is 6.42 Å². The molecule has 0 spiro atoms. The van der Waals surface area contributed by atoms with Gasteiger partial charge in [0.2, 0.25) is 17.7 Å². The smallest absolute Gasteiger partial charge is 0.227 e. The summed E-state index contributed by atoms with van der Waals surface area (Å²) in [6.45, 7) is 2.61. The Kier molecular flexibility index (Phi) is 5.86. The summed E-state index contributed by atoms with van der Waals surface area (Å²) in [5, 5.41) is 5.61. The molecule has 0 radical (unpaired) electrons. The molecule has 27 heavy (non-hydrogen) atoms. The van der Waals surface area contributed by atoms with Crippen LogP contribution >= 0.6 is 0 Å². The molecule has 3 rings (SSSR count). The molecule has 0 atom stereocenters. The zero-order valence-corrected chi connectivity index (χ0v) is 15.3. The van der Waals surface area contributed by atoms with Gasteiger partial charge in [-0.15, -0.1) is 0 Å². The Labute approximate surface area is 158 Å². The van der Waals surface area contributed by atoms with Crippen LogP contribution in [0.3, 0.4) is 0 Å². The third kappa shape index (κ3) is 5.17. The van der Waals surface area contributed by atoms with Gasteiger partial charge >= 0.3 is 0 Å². The highest BCUT2D eigenvalue weighted by Crippen LogP contribution is 2.21.